The first kappa shape index (κ1) is 15.6. The first-order valence-corrected chi connectivity index (χ1v) is 7.16. The fourth-order valence-corrected chi connectivity index (χ4v) is 2.41. The number of hydrogen-bond acceptors (Lipinski definition) is 4. The van der Waals surface area contributed by atoms with Gasteiger partial charge in [-0.3, -0.25) is 4.79 Å². The van der Waals surface area contributed by atoms with E-state index in [-0.39, 0.29) is 11.3 Å². The number of amides is 1. The van der Waals surface area contributed by atoms with Gasteiger partial charge >= 0.3 is 0 Å². The lowest BCUT2D eigenvalue weighted by atomic mass is 9.82. The van der Waals surface area contributed by atoms with Gasteiger partial charge in [-0.15, -0.1) is 0 Å². The molecule has 1 saturated heterocycles. The van der Waals surface area contributed by atoms with Crippen molar-refractivity contribution in [3.63, 3.8) is 0 Å². The molecule has 1 heterocycles. The fraction of sp³-hybridized carbons (Fsp3) is 0.562. The summed E-state index contributed by atoms with van der Waals surface area (Å²) >= 11 is 0. The molecular formula is C16H23NO4. The second-order valence-electron chi connectivity index (χ2n) is 5.68. The standard InChI is InChI=1S/C16H23NO4/c1-16(6-8-21-9-7-16)11-17-15(18)12-4-5-13(19-2)14(10-12)20-3/h4-5,10H,6-9,11H2,1-3H3,(H,17,18). The van der Waals surface area contributed by atoms with Crippen LogP contribution in [0.5, 0.6) is 11.5 Å². The van der Waals surface area contributed by atoms with Gasteiger partial charge in [0.1, 0.15) is 0 Å². The summed E-state index contributed by atoms with van der Waals surface area (Å²) in [6, 6.07) is 5.17. The summed E-state index contributed by atoms with van der Waals surface area (Å²) in [4.78, 5) is 12.3. The molecule has 0 saturated carbocycles. The van der Waals surface area contributed by atoms with E-state index in [9.17, 15) is 4.79 Å². The topological polar surface area (TPSA) is 56.8 Å². The Bertz CT molecular complexity index is 495. The van der Waals surface area contributed by atoms with Gasteiger partial charge in [0, 0.05) is 25.3 Å². The summed E-state index contributed by atoms with van der Waals surface area (Å²) in [5.41, 5.74) is 0.688. The molecule has 116 valence electrons. The Kier molecular flexibility index (Phi) is 5.07. The molecule has 1 aromatic carbocycles. The third-order valence-electron chi connectivity index (χ3n) is 4.02. The van der Waals surface area contributed by atoms with E-state index in [4.69, 9.17) is 14.2 Å². The Hall–Kier alpha value is -1.75. The molecule has 21 heavy (non-hydrogen) atoms. The summed E-state index contributed by atoms with van der Waals surface area (Å²) in [5.74, 6) is 1.08. The van der Waals surface area contributed by atoms with Crippen LogP contribution in [0.2, 0.25) is 0 Å². The molecule has 0 unspecified atom stereocenters. The number of methoxy groups -OCH3 is 2. The maximum absolute atomic E-state index is 12.3. The zero-order chi connectivity index (χ0) is 15.3. The summed E-state index contributed by atoms with van der Waals surface area (Å²) < 4.78 is 15.8. The fourth-order valence-electron chi connectivity index (χ4n) is 2.41. The monoisotopic (exact) mass is 293 g/mol. The largest absolute Gasteiger partial charge is 0.493 e. The molecule has 1 amide bonds. The Morgan fingerprint density at radius 3 is 2.52 bits per heavy atom. The number of hydrogen-bond donors (Lipinski definition) is 1. The highest BCUT2D eigenvalue weighted by molar-refractivity contribution is 5.94. The van der Waals surface area contributed by atoms with Crippen LogP contribution in [0.3, 0.4) is 0 Å². The Morgan fingerprint density at radius 1 is 1.24 bits per heavy atom. The molecule has 0 spiro atoms. The minimum atomic E-state index is -0.0938. The lowest BCUT2D eigenvalue weighted by Gasteiger charge is -2.33. The zero-order valence-electron chi connectivity index (χ0n) is 12.9. The van der Waals surface area contributed by atoms with Gasteiger partial charge in [-0.05, 0) is 36.5 Å². The molecule has 0 aliphatic carbocycles. The highest BCUT2D eigenvalue weighted by Gasteiger charge is 2.27. The average molecular weight is 293 g/mol. The van der Waals surface area contributed by atoms with Crippen molar-refractivity contribution in [2.24, 2.45) is 5.41 Å². The average Bonchev–Trinajstić information content (AvgIpc) is 2.52. The lowest BCUT2D eigenvalue weighted by Crippen LogP contribution is -2.39. The number of carbonyl (C=O) groups is 1. The van der Waals surface area contributed by atoms with Crippen LogP contribution in [-0.4, -0.2) is 39.9 Å². The highest BCUT2D eigenvalue weighted by Crippen LogP contribution is 2.30. The van der Waals surface area contributed by atoms with Crippen LogP contribution in [-0.2, 0) is 4.74 Å². The maximum atomic E-state index is 12.3. The molecule has 1 aromatic rings. The first-order chi connectivity index (χ1) is 10.1. The molecule has 0 aromatic heterocycles. The summed E-state index contributed by atoms with van der Waals surface area (Å²) in [5, 5.41) is 3.01. The predicted octanol–water partition coefficient (Wildman–Crippen LogP) is 2.25. The Labute approximate surface area is 125 Å². The van der Waals surface area contributed by atoms with E-state index in [1.54, 1.807) is 32.4 Å². The number of rotatable bonds is 5. The zero-order valence-corrected chi connectivity index (χ0v) is 12.9. The molecule has 5 nitrogen and oxygen atoms in total. The Morgan fingerprint density at radius 2 is 1.90 bits per heavy atom. The maximum Gasteiger partial charge on any atom is 0.251 e. The molecule has 0 atom stereocenters. The predicted molar refractivity (Wildman–Crippen MR) is 80.0 cm³/mol. The van der Waals surface area contributed by atoms with Gasteiger partial charge < -0.3 is 19.5 Å². The summed E-state index contributed by atoms with van der Waals surface area (Å²) in [7, 11) is 3.13. The quantitative estimate of drug-likeness (QED) is 0.904. The SMILES string of the molecule is COc1ccc(C(=O)NCC2(C)CCOCC2)cc1OC. The van der Waals surface area contributed by atoms with E-state index >= 15 is 0 Å². The highest BCUT2D eigenvalue weighted by atomic mass is 16.5. The number of ether oxygens (including phenoxy) is 3. The number of benzene rings is 1. The summed E-state index contributed by atoms with van der Waals surface area (Å²) in [6.07, 6.45) is 1.94. The first-order valence-electron chi connectivity index (χ1n) is 7.16. The van der Waals surface area contributed by atoms with Crippen LogP contribution in [0.4, 0.5) is 0 Å². The van der Waals surface area contributed by atoms with Crippen LogP contribution in [0.25, 0.3) is 0 Å². The van der Waals surface area contributed by atoms with Gasteiger partial charge in [-0.2, -0.15) is 0 Å². The molecule has 0 bridgehead atoms. The van der Waals surface area contributed by atoms with Gasteiger partial charge in [-0.1, -0.05) is 6.92 Å². The normalized spacial score (nSPS) is 17.1. The third-order valence-corrected chi connectivity index (χ3v) is 4.02. The number of nitrogens with one attached hydrogen (secondary N) is 1. The van der Waals surface area contributed by atoms with Crippen molar-refractivity contribution < 1.29 is 19.0 Å². The molecule has 1 fully saturated rings. The van der Waals surface area contributed by atoms with Gasteiger partial charge in [-0.25, -0.2) is 0 Å². The third kappa shape index (κ3) is 3.88. The van der Waals surface area contributed by atoms with Crippen molar-refractivity contribution in [1.29, 1.82) is 0 Å². The second-order valence-corrected chi connectivity index (χ2v) is 5.68. The van der Waals surface area contributed by atoms with Crippen LogP contribution in [0, 0.1) is 5.41 Å². The van der Waals surface area contributed by atoms with Crippen LogP contribution >= 0.6 is 0 Å². The van der Waals surface area contributed by atoms with Gasteiger partial charge in [0.25, 0.3) is 5.91 Å². The van der Waals surface area contributed by atoms with E-state index in [1.165, 1.54) is 0 Å². The molecule has 1 aliphatic heterocycles. The summed E-state index contributed by atoms with van der Waals surface area (Å²) in [6.45, 7) is 4.37. The second kappa shape index (κ2) is 6.80. The van der Waals surface area contributed by atoms with Crippen molar-refractivity contribution in [2.75, 3.05) is 34.0 Å². The van der Waals surface area contributed by atoms with E-state index in [0.29, 0.717) is 23.6 Å². The van der Waals surface area contributed by atoms with Crippen molar-refractivity contribution >= 4 is 5.91 Å². The van der Waals surface area contributed by atoms with Crippen molar-refractivity contribution in [3.8, 4) is 11.5 Å². The number of carbonyl (C=O) groups excluding carboxylic acids is 1. The van der Waals surface area contributed by atoms with Crippen LogP contribution in [0.1, 0.15) is 30.1 Å². The molecule has 1 N–H and O–H groups in total. The smallest absolute Gasteiger partial charge is 0.251 e. The minimum Gasteiger partial charge on any atom is -0.493 e. The van der Waals surface area contributed by atoms with Crippen molar-refractivity contribution in [3.05, 3.63) is 23.8 Å². The van der Waals surface area contributed by atoms with Gasteiger partial charge in [0.05, 0.1) is 14.2 Å². The molecule has 2 rings (SSSR count). The minimum absolute atomic E-state index is 0.0938. The molecule has 5 heteroatoms. The Balaban J connectivity index is 2.00. The van der Waals surface area contributed by atoms with Crippen molar-refractivity contribution in [1.82, 2.24) is 5.32 Å². The van der Waals surface area contributed by atoms with E-state index < -0.39 is 0 Å². The van der Waals surface area contributed by atoms with Crippen LogP contribution < -0.4 is 14.8 Å². The molecular weight excluding hydrogens is 270 g/mol. The van der Waals surface area contributed by atoms with E-state index in [2.05, 4.69) is 12.2 Å². The van der Waals surface area contributed by atoms with E-state index in [1.807, 2.05) is 0 Å². The van der Waals surface area contributed by atoms with Gasteiger partial charge in [0.15, 0.2) is 11.5 Å². The van der Waals surface area contributed by atoms with Crippen LogP contribution in [0.15, 0.2) is 18.2 Å². The molecule has 0 radical (unpaired) electrons. The van der Waals surface area contributed by atoms with Crippen molar-refractivity contribution in [2.45, 2.75) is 19.8 Å². The lowest BCUT2D eigenvalue weighted by molar-refractivity contribution is 0.0238. The van der Waals surface area contributed by atoms with E-state index in [0.717, 1.165) is 26.1 Å². The molecule has 1 aliphatic rings. The van der Waals surface area contributed by atoms with Gasteiger partial charge in [0.2, 0.25) is 0 Å².